The lowest BCUT2D eigenvalue weighted by Crippen LogP contribution is -2.18. The monoisotopic (exact) mass is 494 g/mol. The smallest absolute Gasteiger partial charge is 0.233 e. The molecule has 0 N–H and O–H groups in total. The van der Waals surface area contributed by atoms with E-state index in [1.165, 1.54) is 0 Å². The highest BCUT2D eigenvalue weighted by atomic mass is 32.2. The van der Waals surface area contributed by atoms with Crippen molar-refractivity contribution >= 4 is 15.6 Å². The third-order valence-corrected chi connectivity index (χ3v) is 7.99. The molecule has 1 saturated carbocycles. The predicted molar refractivity (Wildman–Crippen MR) is 133 cm³/mol. The van der Waals surface area contributed by atoms with Crippen LogP contribution >= 0.6 is 0 Å². The summed E-state index contributed by atoms with van der Waals surface area (Å²) in [5.74, 6) is 0.161. The minimum Gasteiger partial charge on any atom is -0.474 e. The summed E-state index contributed by atoms with van der Waals surface area (Å²) >= 11 is 0. The summed E-state index contributed by atoms with van der Waals surface area (Å²) in [6, 6.07) is 9.35. The number of ketones is 1. The Morgan fingerprint density at radius 1 is 1.09 bits per heavy atom. The van der Waals surface area contributed by atoms with Crippen LogP contribution in [0.15, 0.2) is 48.9 Å². The Morgan fingerprint density at radius 2 is 1.83 bits per heavy atom. The average Bonchev–Trinajstić information content (AvgIpc) is 3.66. The van der Waals surface area contributed by atoms with Crippen LogP contribution in [0.2, 0.25) is 0 Å². The number of ether oxygens (including phenoxy) is 1. The number of rotatable bonds is 11. The third-order valence-electron chi connectivity index (χ3n) is 5.84. The normalized spacial score (nSPS) is 14.6. The molecule has 4 rings (SSSR count). The van der Waals surface area contributed by atoms with Crippen LogP contribution in [0.4, 0.5) is 0 Å². The molecule has 1 unspecified atom stereocenters. The fourth-order valence-electron chi connectivity index (χ4n) is 3.91. The molecule has 1 atom stereocenters. The summed E-state index contributed by atoms with van der Waals surface area (Å²) in [7, 11) is -3.22. The van der Waals surface area contributed by atoms with Crippen LogP contribution in [0.5, 0.6) is 5.88 Å². The molecule has 0 bridgehead atoms. The quantitative estimate of drug-likeness (QED) is 0.392. The first-order chi connectivity index (χ1) is 16.7. The first kappa shape index (κ1) is 24.9. The Labute approximate surface area is 206 Å². The number of benzene rings is 1. The maximum absolute atomic E-state index is 13.1. The molecule has 8 nitrogen and oxygen atoms in total. The van der Waals surface area contributed by atoms with Gasteiger partial charge in [0.1, 0.15) is 17.4 Å². The van der Waals surface area contributed by atoms with Gasteiger partial charge in [-0.1, -0.05) is 31.2 Å². The topological polar surface area (TPSA) is 112 Å². The molecule has 2 aromatic heterocycles. The van der Waals surface area contributed by atoms with E-state index in [-0.39, 0.29) is 35.1 Å². The summed E-state index contributed by atoms with van der Waals surface area (Å²) in [6.07, 6.45) is 7.05. The van der Waals surface area contributed by atoms with Crippen molar-refractivity contribution in [1.29, 1.82) is 0 Å². The Hall–Kier alpha value is -3.20. The van der Waals surface area contributed by atoms with Gasteiger partial charge in [0, 0.05) is 18.2 Å². The number of carbonyl (C=O) groups is 1. The van der Waals surface area contributed by atoms with Crippen molar-refractivity contribution in [1.82, 2.24) is 19.9 Å². The van der Waals surface area contributed by atoms with Gasteiger partial charge in [-0.05, 0) is 44.7 Å². The zero-order chi connectivity index (χ0) is 25.0. The van der Waals surface area contributed by atoms with Crippen molar-refractivity contribution in [3.63, 3.8) is 0 Å². The third kappa shape index (κ3) is 6.48. The number of hydrogen-bond donors (Lipinski definition) is 0. The number of carbonyl (C=O) groups excluding carboxylic acids is 1. The lowest BCUT2D eigenvalue weighted by atomic mass is 9.92. The molecular formula is C26H30N4O4S. The zero-order valence-electron chi connectivity index (χ0n) is 20.2. The van der Waals surface area contributed by atoms with Crippen LogP contribution in [-0.4, -0.2) is 45.5 Å². The second kappa shape index (κ2) is 10.6. The predicted octanol–water partition coefficient (Wildman–Crippen LogP) is 4.10. The van der Waals surface area contributed by atoms with Crippen LogP contribution in [-0.2, 0) is 26.8 Å². The van der Waals surface area contributed by atoms with Gasteiger partial charge in [0.25, 0.3) is 0 Å². The second-order valence-corrected chi connectivity index (χ2v) is 11.4. The van der Waals surface area contributed by atoms with Crippen molar-refractivity contribution in [2.45, 2.75) is 69.5 Å². The highest BCUT2D eigenvalue weighted by Crippen LogP contribution is 2.30. The van der Waals surface area contributed by atoms with Crippen LogP contribution in [0.3, 0.4) is 0 Å². The van der Waals surface area contributed by atoms with Gasteiger partial charge in [-0.2, -0.15) is 0 Å². The second-order valence-electron chi connectivity index (χ2n) is 9.11. The molecule has 0 saturated heterocycles. The highest BCUT2D eigenvalue weighted by Gasteiger charge is 2.36. The summed E-state index contributed by atoms with van der Waals surface area (Å²) in [4.78, 5) is 30.4. The first-order valence-electron chi connectivity index (χ1n) is 11.9. The van der Waals surface area contributed by atoms with Crippen molar-refractivity contribution in [3.05, 3.63) is 66.0 Å². The van der Waals surface area contributed by atoms with Crippen LogP contribution in [0.1, 0.15) is 63.0 Å². The molecule has 1 aliphatic carbocycles. The molecule has 2 heterocycles. The fraction of sp³-hybridized carbons (Fsp3) is 0.423. The summed E-state index contributed by atoms with van der Waals surface area (Å²) in [5, 5.41) is -0.266. The lowest BCUT2D eigenvalue weighted by molar-refractivity contribution is -0.120. The van der Waals surface area contributed by atoms with E-state index < -0.39 is 15.8 Å². The molecule has 1 fully saturated rings. The minimum absolute atomic E-state index is 0.00742. The highest BCUT2D eigenvalue weighted by molar-refractivity contribution is 7.91. The molecule has 3 aromatic rings. The number of sulfone groups is 1. The Bertz CT molecular complexity index is 1290. The number of hydrogen-bond acceptors (Lipinski definition) is 8. The minimum atomic E-state index is -3.22. The molecule has 35 heavy (non-hydrogen) atoms. The summed E-state index contributed by atoms with van der Waals surface area (Å²) in [6.45, 7) is 5.80. The van der Waals surface area contributed by atoms with Crippen molar-refractivity contribution in [2.75, 3.05) is 0 Å². The van der Waals surface area contributed by atoms with Gasteiger partial charge in [0.05, 0.1) is 41.1 Å². The zero-order valence-corrected chi connectivity index (χ0v) is 21.0. The van der Waals surface area contributed by atoms with Crippen molar-refractivity contribution in [2.24, 2.45) is 0 Å². The number of aromatic nitrogens is 4. The van der Waals surface area contributed by atoms with Gasteiger partial charge >= 0.3 is 0 Å². The maximum atomic E-state index is 13.1. The van der Waals surface area contributed by atoms with Gasteiger partial charge in [-0.3, -0.25) is 9.78 Å². The fourth-order valence-corrected chi connectivity index (χ4v) is 5.50. The van der Waals surface area contributed by atoms with E-state index in [0.29, 0.717) is 36.5 Å². The van der Waals surface area contributed by atoms with Gasteiger partial charge in [-0.15, -0.1) is 0 Å². The van der Waals surface area contributed by atoms with Crippen molar-refractivity contribution < 1.29 is 17.9 Å². The molecule has 9 heteroatoms. The van der Waals surface area contributed by atoms with Crippen LogP contribution < -0.4 is 4.74 Å². The molecule has 0 aliphatic heterocycles. The van der Waals surface area contributed by atoms with Crippen LogP contribution in [0.25, 0.3) is 11.3 Å². The standard InChI is InChI=1S/C26H30N4O4S/c1-4-21(22-11-12-28-25(29-22)16-35(32,33)20-9-10-20)24(31)13-18-5-7-19(8-6-18)23-14-27-15-26(30-23)34-17(2)3/h5-8,11-12,14-15,17,20-21H,4,9-10,13,16H2,1-3H3. The molecule has 1 aromatic carbocycles. The average molecular weight is 495 g/mol. The van der Waals surface area contributed by atoms with Crippen molar-refractivity contribution in [3.8, 4) is 17.1 Å². The van der Waals surface area contributed by atoms with E-state index in [0.717, 1.165) is 11.1 Å². The van der Waals surface area contributed by atoms with E-state index >= 15 is 0 Å². The molecule has 1 aliphatic rings. The van der Waals surface area contributed by atoms with Gasteiger partial charge in [-0.25, -0.2) is 23.4 Å². The summed E-state index contributed by atoms with van der Waals surface area (Å²) in [5.41, 5.74) is 3.03. The molecular weight excluding hydrogens is 464 g/mol. The number of nitrogens with zero attached hydrogens (tertiary/aromatic N) is 4. The molecule has 184 valence electrons. The Balaban J connectivity index is 1.44. The lowest BCUT2D eigenvalue weighted by Gasteiger charge is -2.14. The number of Topliss-reactive ketones (excluding diaryl/α,β-unsaturated/α-hetero) is 1. The van der Waals surface area contributed by atoms with E-state index in [1.807, 2.05) is 45.0 Å². The molecule has 0 amide bonds. The Kier molecular flexibility index (Phi) is 7.54. The van der Waals surface area contributed by atoms with E-state index in [9.17, 15) is 13.2 Å². The SMILES string of the molecule is CCC(C(=O)Cc1ccc(-c2cncc(OC(C)C)n2)cc1)c1ccnc(CS(=O)(=O)C2CC2)n1. The van der Waals surface area contributed by atoms with E-state index in [2.05, 4.69) is 19.9 Å². The van der Waals surface area contributed by atoms with Gasteiger partial charge < -0.3 is 4.74 Å². The first-order valence-corrected chi connectivity index (χ1v) is 13.6. The molecule has 0 spiro atoms. The molecule has 0 radical (unpaired) electrons. The maximum Gasteiger partial charge on any atom is 0.233 e. The van der Waals surface area contributed by atoms with E-state index in [1.54, 1.807) is 24.7 Å². The van der Waals surface area contributed by atoms with E-state index in [4.69, 9.17) is 4.74 Å². The van der Waals surface area contributed by atoms with Gasteiger partial charge in [0.2, 0.25) is 5.88 Å². The summed E-state index contributed by atoms with van der Waals surface area (Å²) < 4.78 is 30.3. The Morgan fingerprint density at radius 3 is 2.49 bits per heavy atom. The van der Waals surface area contributed by atoms with Crippen LogP contribution in [0, 0.1) is 0 Å². The largest absolute Gasteiger partial charge is 0.474 e. The van der Waals surface area contributed by atoms with Gasteiger partial charge in [0.15, 0.2) is 9.84 Å².